The highest BCUT2D eigenvalue weighted by Gasteiger charge is 2.20. The van der Waals surface area contributed by atoms with Crippen LogP contribution < -0.4 is 11.3 Å². The molecule has 0 atom stereocenters. The predicted molar refractivity (Wildman–Crippen MR) is 108 cm³/mol. The van der Waals surface area contributed by atoms with Crippen molar-refractivity contribution in [3.63, 3.8) is 0 Å². The minimum absolute atomic E-state index is 0.0102. The largest absolute Gasteiger partial charge is 0.394 e. The third kappa shape index (κ3) is 2.75. The zero-order chi connectivity index (χ0) is 20.1. The third-order valence-corrected chi connectivity index (χ3v) is 5.08. The summed E-state index contributed by atoms with van der Waals surface area (Å²) in [5.74, 6) is 5.99. The summed E-state index contributed by atoms with van der Waals surface area (Å²) < 4.78 is 19.3. The summed E-state index contributed by atoms with van der Waals surface area (Å²) >= 11 is 0. The molecule has 4 aromatic rings. The number of hydrogen-bond donors (Lipinski definition) is 3. The van der Waals surface area contributed by atoms with Crippen molar-refractivity contribution in [3.8, 4) is 23.0 Å². The molecule has 5 rings (SSSR count). The van der Waals surface area contributed by atoms with Crippen molar-refractivity contribution in [2.24, 2.45) is 5.92 Å². The Bertz CT molecular complexity index is 1410. The second-order valence-electron chi connectivity index (χ2n) is 7.05. The number of pyridine rings is 2. The van der Waals surface area contributed by atoms with Gasteiger partial charge in [0.1, 0.15) is 22.7 Å². The van der Waals surface area contributed by atoms with E-state index in [9.17, 15) is 9.18 Å². The molecule has 0 aliphatic carbocycles. The average molecular weight is 389 g/mol. The van der Waals surface area contributed by atoms with Crippen LogP contribution in [0, 0.1) is 30.5 Å². The first kappa shape index (κ1) is 17.4. The molecule has 0 spiro atoms. The monoisotopic (exact) mass is 389 g/mol. The van der Waals surface area contributed by atoms with Crippen molar-refractivity contribution in [2.75, 3.05) is 18.9 Å². The second kappa shape index (κ2) is 6.43. The maximum atomic E-state index is 14.1. The van der Waals surface area contributed by atoms with E-state index in [1.165, 1.54) is 12.3 Å². The molecule has 1 fully saturated rings. The highest BCUT2D eigenvalue weighted by molar-refractivity contribution is 6.06. The lowest BCUT2D eigenvalue weighted by Crippen LogP contribution is -2.25. The fourth-order valence-corrected chi connectivity index (χ4v) is 3.49. The van der Waals surface area contributed by atoms with Gasteiger partial charge in [-0.3, -0.25) is 9.89 Å². The van der Waals surface area contributed by atoms with Crippen LogP contribution in [-0.4, -0.2) is 33.4 Å². The normalized spacial score (nSPS) is 14.0. The highest BCUT2D eigenvalue weighted by atomic mass is 19.1. The van der Waals surface area contributed by atoms with Gasteiger partial charge in [0, 0.05) is 10.9 Å². The number of nitrogens with one attached hydrogen (secondary N) is 2. The van der Waals surface area contributed by atoms with Gasteiger partial charge in [0.15, 0.2) is 0 Å². The van der Waals surface area contributed by atoms with Crippen molar-refractivity contribution in [2.45, 2.75) is 6.92 Å². The Morgan fingerprint density at radius 1 is 1.31 bits per heavy atom. The summed E-state index contributed by atoms with van der Waals surface area (Å²) in [6.07, 6.45) is 1.51. The Hall–Kier alpha value is -3.70. The molecule has 29 heavy (non-hydrogen) atoms. The van der Waals surface area contributed by atoms with Crippen LogP contribution in [0.3, 0.4) is 0 Å². The van der Waals surface area contributed by atoms with Gasteiger partial charge in [0.05, 0.1) is 36.4 Å². The van der Waals surface area contributed by atoms with Gasteiger partial charge in [-0.25, -0.2) is 9.37 Å². The molecule has 1 aromatic carbocycles. The van der Waals surface area contributed by atoms with Gasteiger partial charge in [-0.2, -0.15) is 5.10 Å². The smallest absolute Gasteiger partial charge is 0.272 e. The van der Waals surface area contributed by atoms with Crippen LogP contribution in [0.25, 0.3) is 33.1 Å². The molecule has 1 aliphatic rings. The molecule has 4 heterocycles. The van der Waals surface area contributed by atoms with E-state index in [1.807, 2.05) is 13.0 Å². The van der Waals surface area contributed by atoms with Crippen LogP contribution >= 0.6 is 0 Å². The van der Waals surface area contributed by atoms with Crippen molar-refractivity contribution < 1.29 is 9.13 Å². The summed E-state index contributed by atoms with van der Waals surface area (Å²) in [5, 5.41) is 7.10. The van der Waals surface area contributed by atoms with Gasteiger partial charge in [-0.05, 0) is 36.1 Å². The standard InChI is InChI=1S/C21H16FN5O2/c1-10-6-12(3-2-11-8-29-9-11)25-20-16(17(23)21(28)26-18(10)20)13-4-5-15(22)19-14(13)7-24-27-19/h4-7,11H,8-9,23H2,1H3,(H,24,27)(H,26,28). The number of rotatable bonds is 1. The number of hydrogen-bond acceptors (Lipinski definition) is 5. The SMILES string of the molecule is Cc1cc(C#CC2COC2)nc2c(-c3ccc(F)c4[nH]ncc34)c(N)c(=O)[nH]c12. The Labute approximate surface area is 164 Å². The van der Waals surface area contributed by atoms with Crippen LogP contribution in [0.4, 0.5) is 10.1 Å². The number of anilines is 1. The lowest BCUT2D eigenvalue weighted by Gasteiger charge is -2.19. The van der Waals surface area contributed by atoms with Crippen molar-refractivity contribution >= 4 is 27.6 Å². The molecule has 0 saturated carbocycles. The lowest BCUT2D eigenvalue weighted by atomic mass is 9.98. The van der Waals surface area contributed by atoms with Crippen LogP contribution in [0.5, 0.6) is 0 Å². The molecule has 0 radical (unpaired) electrons. The molecule has 0 unspecified atom stereocenters. The molecule has 7 nitrogen and oxygen atoms in total. The average Bonchev–Trinajstić information content (AvgIpc) is 3.15. The Morgan fingerprint density at radius 3 is 2.90 bits per heavy atom. The van der Waals surface area contributed by atoms with Gasteiger partial charge in [0.25, 0.3) is 5.56 Å². The number of H-pyrrole nitrogens is 2. The first-order chi connectivity index (χ1) is 14.0. The van der Waals surface area contributed by atoms with Crippen LogP contribution in [0.1, 0.15) is 11.3 Å². The maximum Gasteiger partial charge on any atom is 0.272 e. The van der Waals surface area contributed by atoms with E-state index in [0.717, 1.165) is 5.56 Å². The Balaban J connectivity index is 1.83. The number of aryl methyl sites for hydroxylation is 1. The summed E-state index contributed by atoms with van der Waals surface area (Å²) in [5.41, 5.74) is 9.47. The summed E-state index contributed by atoms with van der Waals surface area (Å²) in [4.78, 5) is 20.0. The van der Waals surface area contributed by atoms with Gasteiger partial charge in [-0.1, -0.05) is 12.0 Å². The van der Waals surface area contributed by atoms with Gasteiger partial charge >= 0.3 is 0 Å². The molecule has 0 bridgehead atoms. The van der Waals surface area contributed by atoms with Crippen LogP contribution in [-0.2, 0) is 4.74 Å². The summed E-state index contributed by atoms with van der Waals surface area (Å²) in [6, 6.07) is 4.72. The zero-order valence-electron chi connectivity index (χ0n) is 15.5. The van der Waals surface area contributed by atoms with E-state index in [0.29, 0.717) is 46.5 Å². The van der Waals surface area contributed by atoms with Gasteiger partial charge in [-0.15, -0.1) is 0 Å². The number of aromatic nitrogens is 4. The number of nitrogens with zero attached hydrogens (tertiary/aromatic N) is 2. The Morgan fingerprint density at radius 2 is 2.14 bits per heavy atom. The quantitative estimate of drug-likeness (QED) is 0.433. The van der Waals surface area contributed by atoms with Crippen LogP contribution in [0.2, 0.25) is 0 Å². The minimum atomic E-state index is -0.438. The number of nitrogens with two attached hydrogens (primary N) is 1. The number of fused-ring (bicyclic) bond motifs is 2. The molecular weight excluding hydrogens is 373 g/mol. The second-order valence-corrected chi connectivity index (χ2v) is 7.05. The first-order valence-corrected chi connectivity index (χ1v) is 9.07. The van der Waals surface area contributed by atoms with Crippen molar-refractivity contribution in [3.05, 3.63) is 51.8 Å². The predicted octanol–water partition coefficient (Wildman–Crippen LogP) is 2.49. The van der Waals surface area contributed by atoms with E-state index in [2.05, 4.69) is 32.0 Å². The summed E-state index contributed by atoms with van der Waals surface area (Å²) in [6.45, 7) is 3.12. The molecule has 4 N–H and O–H groups in total. The fourth-order valence-electron chi connectivity index (χ4n) is 3.49. The fraction of sp³-hybridized carbons (Fsp3) is 0.190. The molecule has 3 aromatic heterocycles. The lowest BCUT2D eigenvalue weighted by molar-refractivity contribution is -0.00300. The van der Waals surface area contributed by atoms with Gasteiger partial charge < -0.3 is 15.5 Å². The van der Waals surface area contributed by atoms with E-state index in [-0.39, 0.29) is 17.1 Å². The van der Waals surface area contributed by atoms with E-state index >= 15 is 0 Å². The highest BCUT2D eigenvalue weighted by Crippen LogP contribution is 2.36. The molecular formula is C21H16FN5O2. The summed E-state index contributed by atoms with van der Waals surface area (Å²) in [7, 11) is 0. The number of ether oxygens (including phenoxy) is 1. The van der Waals surface area contributed by atoms with Gasteiger partial charge in [0.2, 0.25) is 0 Å². The maximum absolute atomic E-state index is 14.1. The van der Waals surface area contributed by atoms with E-state index in [4.69, 9.17) is 10.5 Å². The van der Waals surface area contributed by atoms with E-state index in [1.54, 1.807) is 6.07 Å². The molecule has 144 valence electrons. The van der Waals surface area contributed by atoms with E-state index < -0.39 is 11.4 Å². The molecule has 1 aliphatic heterocycles. The number of aromatic amines is 2. The minimum Gasteiger partial charge on any atom is -0.394 e. The molecule has 8 heteroatoms. The zero-order valence-corrected chi connectivity index (χ0v) is 15.5. The number of benzene rings is 1. The van der Waals surface area contributed by atoms with Crippen molar-refractivity contribution in [1.82, 2.24) is 20.2 Å². The number of nitrogen functional groups attached to an aromatic ring is 1. The molecule has 1 saturated heterocycles. The Kier molecular flexibility index (Phi) is 3.86. The first-order valence-electron chi connectivity index (χ1n) is 9.07. The van der Waals surface area contributed by atoms with Crippen molar-refractivity contribution in [1.29, 1.82) is 0 Å². The number of halogens is 1. The third-order valence-electron chi connectivity index (χ3n) is 5.08. The van der Waals surface area contributed by atoms with Crippen LogP contribution in [0.15, 0.2) is 29.2 Å². The topological polar surface area (TPSA) is 110 Å². The molecule has 0 amide bonds.